The molecule has 282 valence electrons. The van der Waals surface area contributed by atoms with Gasteiger partial charge in [0.25, 0.3) is 0 Å². The maximum atomic E-state index is 6.44. The summed E-state index contributed by atoms with van der Waals surface area (Å²) in [5.41, 5.74) is 15.3. The van der Waals surface area contributed by atoms with Crippen LogP contribution in [0.4, 0.5) is 17.1 Å². The molecule has 0 spiro atoms. The van der Waals surface area contributed by atoms with Crippen molar-refractivity contribution >= 4 is 71.9 Å². The van der Waals surface area contributed by atoms with Gasteiger partial charge < -0.3 is 18.3 Å². The fourth-order valence-electron chi connectivity index (χ4n) is 8.79. The Bertz CT molecular complexity index is 3530. The molecule has 3 aromatic heterocycles. The van der Waals surface area contributed by atoms with E-state index in [-0.39, 0.29) is 0 Å². The number of furan rings is 1. The molecule has 0 fully saturated rings. The first kappa shape index (κ1) is 33.9. The number of oxazole rings is 1. The molecule has 9 aromatic carbocycles. The van der Waals surface area contributed by atoms with E-state index in [0.717, 1.165) is 78.0 Å². The minimum atomic E-state index is 0.596. The third kappa shape index (κ3) is 5.59. The Morgan fingerprint density at radius 1 is 0.383 bits per heavy atom. The van der Waals surface area contributed by atoms with E-state index in [1.165, 1.54) is 27.4 Å². The molecular formula is C55H35N3O2. The number of para-hydroxylation sites is 2. The number of nitrogens with zero attached hydrogens (tertiary/aromatic N) is 3. The van der Waals surface area contributed by atoms with E-state index in [0.29, 0.717) is 5.89 Å². The molecule has 0 atom stereocenters. The van der Waals surface area contributed by atoms with Crippen LogP contribution in [0.3, 0.4) is 0 Å². The fourth-order valence-corrected chi connectivity index (χ4v) is 8.79. The highest BCUT2D eigenvalue weighted by atomic mass is 16.4. The third-order valence-corrected chi connectivity index (χ3v) is 11.6. The Balaban J connectivity index is 0.985. The number of fused-ring (bicyclic) bond motifs is 8. The summed E-state index contributed by atoms with van der Waals surface area (Å²) < 4.78 is 15.1. The zero-order valence-electron chi connectivity index (χ0n) is 32.4. The summed E-state index contributed by atoms with van der Waals surface area (Å²) in [5.74, 6) is 0.596. The molecule has 5 heteroatoms. The number of anilines is 3. The average Bonchev–Trinajstić information content (AvgIpc) is 4.02. The van der Waals surface area contributed by atoms with Crippen LogP contribution in [-0.2, 0) is 0 Å². The second-order valence-electron chi connectivity index (χ2n) is 15.2. The first-order valence-corrected chi connectivity index (χ1v) is 20.2. The predicted molar refractivity (Wildman–Crippen MR) is 247 cm³/mol. The maximum Gasteiger partial charge on any atom is 0.227 e. The second kappa shape index (κ2) is 13.8. The number of aromatic nitrogens is 2. The molecule has 0 unspecified atom stereocenters. The molecule has 0 aliphatic rings. The van der Waals surface area contributed by atoms with Crippen molar-refractivity contribution in [3.05, 3.63) is 212 Å². The predicted octanol–water partition coefficient (Wildman–Crippen LogP) is 15.3. The Hall–Kier alpha value is -8.15. The van der Waals surface area contributed by atoms with Gasteiger partial charge in [0.15, 0.2) is 5.58 Å². The Kier molecular flexibility index (Phi) is 7.78. The first-order chi connectivity index (χ1) is 29.7. The summed E-state index contributed by atoms with van der Waals surface area (Å²) in [7, 11) is 0. The fraction of sp³-hybridized carbons (Fsp3) is 0. The lowest BCUT2D eigenvalue weighted by molar-refractivity contribution is 0.622. The normalized spacial score (nSPS) is 11.7. The van der Waals surface area contributed by atoms with E-state index in [4.69, 9.17) is 13.8 Å². The van der Waals surface area contributed by atoms with Gasteiger partial charge in [-0.2, -0.15) is 0 Å². The molecule has 0 N–H and O–H groups in total. The summed E-state index contributed by atoms with van der Waals surface area (Å²) in [6.07, 6.45) is 0. The molecule has 0 amide bonds. The molecule has 12 rings (SSSR count). The summed E-state index contributed by atoms with van der Waals surface area (Å²) in [6.45, 7) is 0. The minimum Gasteiger partial charge on any atom is -0.456 e. The van der Waals surface area contributed by atoms with Gasteiger partial charge in [0, 0.05) is 44.5 Å². The van der Waals surface area contributed by atoms with Crippen molar-refractivity contribution in [2.24, 2.45) is 0 Å². The van der Waals surface area contributed by atoms with Crippen molar-refractivity contribution in [1.82, 2.24) is 9.55 Å². The van der Waals surface area contributed by atoms with Gasteiger partial charge in [-0.15, -0.1) is 0 Å². The quantitative estimate of drug-likeness (QED) is 0.162. The topological polar surface area (TPSA) is 47.3 Å². The SMILES string of the molecule is c1ccc(-c2cccc(N(c3ccc(-c4ccc5oc6ccc7nc(-c8ccccc8)oc7c6c5c4)cc3)c3ccc4c(c3)c3ccccc3n4-c3ccccc3)c2)cc1. The van der Waals surface area contributed by atoms with Crippen molar-refractivity contribution in [3.8, 4) is 39.4 Å². The van der Waals surface area contributed by atoms with Crippen molar-refractivity contribution in [2.45, 2.75) is 0 Å². The molecule has 0 aliphatic heterocycles. The highest BCUT2D eigenvalue weighted by Crippen LogP contribution is 2.42. The van der Waals surface area contributed by atoms with Gasteiger partial charge in [0.1, 0.15) is 16.7 Å². The molecule has 60 heavy (non-hydrogen) atoms. The van der Waals surface area contributed by atoms with Crippen LogP contribution in [0.2, 0.25) is 0 Å². The van der Waals surface area contributed by atoms with Gasteiger partial charge in [0.2, 0.25) is 5.89 Å². The average molecular weight is 770 g/mol. The van der Waals surface area contributed by atoms with Crippen molar-refractivity contribution < 1.29 is 8.83 Å². The molecule has 0 radical (unpaired) electrons. The van der Waals surface area contributed by atoms with E-state index in [1.807, 2.05) is 42.5 Å². The number of hydrogen-bond donors (Lipinski definition) is 0. The molecule has 0 aliphatic carbocycles. The van der Waals surface area contributed by atoms with E-state index in [1.54, 1.807) is 0 Å². The van der Waals surface area contributed by atoms with Gasteiger partial charge in [-0.25, -0.2) is 4.98 Å². The van der Waals surface area contributed by atoms with Crippen LogP contribution < -0.4 is 4.90 Å². The number of hydrogen-bond acceptors (Lipinski definition) is 4. The van der Waals surface area contributed by atoms with Crippen molar-refractivity contribution in [3.63, 3.8) is 0 Å². The summed E-state index contributed by atoms with van der Waals surface area (Å²) in [5, 5.41) is 4.34. The van der Waals surface area contributed by atoms with E-state index < -0.39 is 0 Å². The van der Waals surface area contributed by atoms with Crippen molar-refractivity contribution in [1.29, 1.82) is 0 Å². The van der Waals surface area contributed by atoms with E-state index in [9.17, 15) is 0 Å². The molecule has 0 saturated carbocycles. The molecule has 0 bridgehead atoms. The lowest BCUT2D eigenvalue weighted by atomic mass is 10.0. The Morgan fingerprint density at radius 2 is 1.00 bits per heavy atom. The monoisotopic (exact) mass is 769 g/mol. The largest absolute Gasteiger partial charge is 0.456 e. The molecule has 0 saturated heterocycles. The maximum absolute atomic E-state index is 6.44. The zero-order valence-corrected chi connectivity index (χ0v) is 32.4. The second-order valence-corrected chi connectivity index (χ2v) is 15.2. The standard InChI is InChI=1S/C55H35N3O2/c1-4-13-36(14-5-1)39-17-12-20-43(33-39)57(44-28-30-50-46(35-44)45-21-10-11-22-49(45)58(50)41-18-8-3-9-19-41)42-26-23-37(24-27-42)40-25-31-51-47(34-40)53-52(59-51)32-29-48-54(53)60-55(56-48)38-15-6-2-7-16-38/h1-35H. The zero-order chi connectivity index (χ0) is 39.6. The van der Waals surface area contributed by atoms with E-state index in [2.05, 4.69) is 179 Å². The first-order valence-electron chi connectivity index (χ1n) is 20.2. The van der Waals surface area contributed by atoms with Crippen LogP contribution in [0, 0.1) is 0 Å². The van der Waals surface area contributed by atoms with Crippen LogP contribution in [0.25, 0.3) is 94.2 Å². The lowest BCUT2D eigenvalue weighted by Crippen LogP contribution is -2.10. The van der Waals surface area contributed by atoms with Gasteiger partial charge >= 0.3 is 0 Å². The minimum absolute atomic E-state index is 0.596. The highest BCUT2D eigenvalue weighted by molar-refractivity contribution is 6.17. The summed E-state index contributed by atoms with van der Waals surface area (Å²) >= 11 is 0. The Labute approximate surface area is 345 Å². The van der Waals surface area contributed by atoms with E-state index >= 15 is 0 Å². The number of rotatable bonds is 7. The van der Waals surface area contributed by atoms with Gasteiger partial charge in [-0.1, -0.05) is 115 Å². The molecule has 12 aromatic rings. The van der Waals surface area contributed by atoms with Gasteiger partial charge in [-0.05, 0) is 119 Å². The van der Waals surface area contributed by atoms with Gasteiger partial charge in [0.05, 0.1) is 16.4 Å². The Morgan fingerprint density at radius 3 is 1.82 bits per heavy atom. The van der Waals surface area contributed by atoms with Gasteiger partial charge in [-0.3, -0.25) is 0 Å². The summed E-state index contributed by atoms with van der Waals surface area (Å²) in [6, 6.07) is 74.8. The van der Waals surface area contributed by atoms with Crippen LogP contribution in [0.5, 0.6) is 0 Å². The molecule has 3 heterocycles. The third-order valence-electron chi connectivity index (χ3n) is 11.6. The van der Waals surface area contributed by atoms with Crippen LogP contribution in [0.15, 0.2) is 221 Å². The molecular weight excluding hydrogens is 735 g/mol. The van der Waals surface area contributed by atoms with Crippen LogP contribution >= 0.6 is 0 Å². The lowest BCUT2D eigenvalue weighted by Gasteiger charge is -2.26. The summed E-state index contributed by atoms with van der Waals surface area (Å²) in [4.78, 5) is 7.19. The number of benzene rings is 9. The highest BCUT2D eigenvalue weighted by Gasteiger charge is 2.20. The smallest absolute Gasteiger partial charge is 0.227 e. The molecule has 5 nitrogen and oxygen atoms in total. The van der Waals surface area contributed by atoms with Crippen molar-refractivity contribution in [2.75, 3.05) is 4.90 Å². The van der Waals surface area contributed by atoms with Crippen LogP contribution in [-0.4, -0.2) is 9.55 Å². The van der Waals surface area contributed by atoms with Crippen LogP contribution in [0.1, 0.15) is 0 Å².